The number of nitrogens with zero attached hydrogens (tertiary/aromatic N) is 2. The van der Waals surface area contributed by atoms with Gasteiger partial charge in [-0.2, -0.15) is 9.98 Å². The number of anilines is 1. The highest BCUT2D eigenvalue weighted by molar-refractivity contribution is 7.89. The SMILES string of the molecule is CCN(C(=O)[C@H](C)NS(=O)(=O)c1ccc(NC(C)=O)cc1)C(C)c1ccc(C#N)cc1. The van der Waals surface area contributed by atoms with Crippen molar-refractivity contribution in [2.24, 2.45) is 0 Å². The second-order valence-electron chi connectivity index (χ2n) is 7.08. The Morgan fingerprint density at radius 3 is 2.13 bits per heavy atom. The molecule has 0 saturated heterocycles. The quantitative estimate of drug-likeness (QED) is 0.651. The van der Waals surface area contributed by atoms with Crippen LogP contribution in [0.15, 0.2) is 53.4 Å². The van der Waals surface area contributed by atoms with Crippen LogP contribution in [-0.4, -0.2) is 37.7 Å². The Morgan fingerprint density at radius 2 is 1.65 bits per heavy atom. The van der Waals surface area contributed by atoms with E-state index in [4.69, 9.17) is 5.26 Å². The molecule has 0 aliphatic heterocycles. The fourth-order valence-electron chi connectivity index (χ4n) is 3.16. The van der Waals surface area contributed by atoms with Crippen molar-refractivity contribution in [3.63, 3.8) is 0 Å². The zero-order chi connectivity index (χ0) is 23.2. The predicted octanol–water partition coefficient (Wildman–Crippen LogP) is 2.79. The summed E-state index contributed by atoms with van der Waals surface area (Å²) in [5.41, 5.74) is 1.85. The molecule has 0 aromatic heterocycles. The highest BCUT2D eigenvalue weighted by Crippen LogP contribution is 2.22. The van der Waals surface area contributed by atoms with Crippen LogP contribution in [0.2, 0.25) is 0 Å². The van der Waals surface area contributed by atoms with E-state index in [0.717, 1.165) is 5.56 Å². The molecule has 8 nitrogen and oxygen atoms in total. The van der Waals surface area contributed by atoms with Crippen molar-refractivity contribution < 1.29 is 18.0 Å². The molecule has 0 radical (unpaired) electrons. The third kappa shape index (κ3) is 6.13. The van der Waals surface area contributed by atoms with E-state index >= 15 is 0 Å². The van der Waals surface area contributed by atoms with Gasteiger partial charge in [-0.25, -0.2) is 8.42 Å². The molecule has 0 spiro atoms. The molecule has 1 unspecified atom stereocenters. The molecular formula is C22H26N4O4S. The van der Waals surface area contributed by atoms with Crippen LogP contribution in [-0.2, 0) is 19.6 Å². The Morgan fingerprint density at radius 1 is 1.06 bits per heavy atom. The Bertz CT molecular complexity index is 1070. The normalized spacial score (nSPS) is 13.0. The number of nitriles is 1. The first-order valence-corrected chi connectivity index (χ1v) is 11.3. The lowest BCUT2D eigenvalue weighted by Crippen LogP contribution is -2.47. The van der Waals surface area contributed by atoms with E-state index in [0.29, 0.717) is 17.8 Å². The molecular weight excluding hydrogens is 416 g/mol. The highest BCUT2D eigenvalue weighted by atomic mass is 32.2. The van der Waals surface area contributed by atoms with E-state index in [2.05, 4.69) is 16.1 Å². The van der Waals surface area contributed by atoms with Crippen molar-refractivity contribution in [2.75, 3.05) is 11.9 Å². The summed E-state index contributed by atoms with van der Waals surface area (Å²) in [5.74, 6) is -0.623. The molecule has 0 aliphatic carbocycles. The maximum absolute atomic E-state index is 13.0. The number of nitrogens with one attached hydrogen (secondary N) is 2. The fraction of sp³-hybridized carbons (Fsp3) is 0.318. The van der Waals surface area contributed by atoms with Gasteiger partial charge in [0.2, 0.25) is 21.8 Å². The number of hydrogen-bond donors (Lipinski definition) is 2. The molecule has 2 atom stereocenters. The second kappa shape index (κ2) is 10.2. The molecule has 0 aliphatic rings. The van der Waals surface area contributed by atoms with Crippen LogP contribution in [0.5, 0.6) is 0 Å². The van der Waals surface area contributed by atoms with Gasteiger partial charge in [-0.05, 0) is 62.7 Å². The molecule has 2 aromatic rings. The van der Waals surface area contributed by atoms with Crippen LogP contribution < -0.4 is 10.0 Å². The first-order chi connectivity index (χ1) is 14.6. The van der Waals surface area contributed by atoms with Crippen molar-refractivity contribution in [3.8, 4) is 6.07 Å². The lowest BCUT2D eigenvalue weighted by molar-refractivity contribution is -0.134. The summed E-state index contributed by atoms with van der Waals surface area (Å²) in [4.78, 5) is 25.7. The maximum atomic E-state index is 13.0. The lowest BCUT2D eigenvalue weighted by atomic mass is 10.0. The molecule has 0 fully saturated rings. The maximum Gasteiger partial charge on any atom is 0.241 e. The topological polar surface area (TPSA) is 119 Å². The molecule has 164 valence electrons. The summed E-state index contributed by atoms with van der Waals surface area (Å²) >= 11 is 0. The number of sulfonamides is 1. The van der Waals surface area contributed by atoms with Gasteiger partial charge in [-0.15, -0.1) is 0 Å². The molecule has 2 rings (SSSR count). The third-order valence-corrected chi connectivity index (χ3v) is 6.36. The van der Waals surface area contributed by atoms with Crippen molar-refractivity contribution in [3.05, 3.63) is 59.7 Å². The summed E-state index contributed by atoms with van der Waals surface area (Å²) in [7, 11) is -3.94. The summed E-state index contributed by atoms with van der Waals surface area (Å²) < 4.78 is 27.8. The number of benzene rings is 2. The molecule has 2 amide bonds. The first kappa shape index (κ1) is 24.1. The van der Waals surface area contributed by atoms with Gasteiger partial charge < -0.3 is 10.2 Å². The Hall–Kier alpha value is -3.22. The van der Waals surface area contributed by atoms with E-state index in [1.54, 1.807) is 29.2 Å². The second-order valence-corrected chi connectivity index (χ2v) is 8.80. The Labute approximate surface area is 182 Å². The molecule has 2 N–H and O–H groups in total. The Kier molecular flexibility index (Phi) is 7.91. The van der Waals surface area contributed by atoms with Crippen LogP contribution in [0.25, 0.3) is 0 Å². The van der Waals surface area contributed by atoms with Crippen molar-refractivity contribution in [1.29, 1.82) is 5.26 Å². The van der Waals surface area contributed by atoms with Crippen molar-refractivity contribution in [1.82, 2.24) is 9.62 Å². The average Bonchev–Trinajstić information content (AvgIpc) is 2.73. The number of carbonyl (C=O) groups is 2. The third-order valence-electron chi connectivity index (χ3n) is 4.80. The molecule has 0 bridgehead atoms. The van der Waals surface area contributed by atoms with Gasteiger partial charge in [-0.1, -0.05) is 12.1 Å². The van der Waals surface area contributed by atoms with E-state index in [9.17, 15) is 18.0 Å². The standard InChI is InChI=1S/C22H26N4O4S/c1-5-26(16(3)19-8-6-18(14-23)7-9-19)22(28)15(2)25-31(29,30)21-12-10-20(11-13-21)24-17(4)27/h6-13,15-16,25H,5H2,1-4H3,(H,24,27)/t15-,16?/m0/s1. The van der Waals surface area contributed by atoms with Gasteiger partial charge >= 0.3 is 0 Å². The van der Waals surface area contributed by atoms with Gasteiger partial charge in [0.15, 0.2) is 0 Å². The number of likely N-dealkylation sites (N-methyl/N-ethyl adjacent to an activating group) is 1. The van der Waals surface area contributed by atoms with Crippen LogP contribution >= 0.6 is 0 Å². The minimum atomic E-state index is -3.94. The van der Waals surface area contributed by atoms with Crippen LogP contribution in [0.1, 0.15) is 44.9 Å². The highest BCUT2D eigenvalue weighted by Gasteiger charge is 2.28. The monoisotopic (exact) mass is 442 g/mol. The number of rotatable bonds is 8. The van der Waals surface area contributed by atoms with Gasteiger partial charge in [0.25, 0.3) is 0 Å². The predicted molar refractivity (Wildman–Crippen MR) is 117 cm³/mol. The zero-order valence-corrected chi connectivity index (χ0v) is 18.7. The van der Waals surface area contributed by atoms with Crippen molar-refractivity contribution >= 4 is 27.5 Å². The van der Waals surface area contributed by atoms with Crippen LogP contribution in [0.3, 0.4) is 0 Å². The average molecular weight is 443 g/mol. The van der Waals surface area contributed by atoms with Gasteiger partial charge in [-0.3, -0.25) is 9.59 Å². The van der Waals surface area contributed by atoms with E-state index < -0.39 is 16.1 Å². The summed E-state index contributed by atoms with van der Waals surface area (Å²) in [6.07, 6.45) is 0. The molecule has 0 saturated carbocycles. The molecule has 9 heteroatoms. The smallest absolute Gasteiger partial charge is 0.241 e. The molecule has 31 heavy (non-hydrogen) atoms. The van der Waals surface area contributed by atoms with Gasteiger partial charge in [0, 0.05) is 19.2 Å². The fourth-order valence-corrected chi connectivity index (χ4v) is 4.35. The van der Waals surface area contributed by atoms with Gasteiger partial charge in [0.05, 0.1) is 28.6 Å². The number of hydrogen-bond acceptors (Lipinski definition) is 5. The molecule has 0 heterocycles. The van der Waals surface area contributed by atoms with Crippen molar-refractivity contribution in [2.45, 2.75) is 44.7 Å². The number of carbonyl (C=O) groups excluding carboxylic acids is 2. The summed E-state index contributed by atoms with van der Waals surface area (Å²) in [5, 5.41) is 11.5. The minimum absolute atomic E-state index is 0.00978. The van der Waals surface area contributed by atoms with E-state index in [-0.39, 0.29) is 22.8 Å². The zero-order valence-electron chi connectivity index (χ0n) is 17.9. The summed E-state index contributed by atoms with van der Waals surface area (Å²) in [6.45, 7) is 6.92. The minimum Gasteiger partial charge on any atom is -0.335 e. The van der Waals surface area contributed by atoms with Crippen LogP contribution in [0.4, 0.5) is 5.69 Å². The van der Waals surface area contributed by atoms with Gasteiger partial charge in [0.1, 0.15) is 0 Å². The first-order valence-electron chi connectivity index (χ1n) is 9.79. The van der Waals surface area contributed by atoms with E-state index in [1.165, 1.54) is 38.1 Å². The Balaban J connectivity index is 2.14. The molecule has 2 aromatic carbocycles. The van der Waals surface area contributed by atoms with Crippen LogP contribution in [0, 0.1) is 11.3 Å². The number of amides is 2. The summed E-state index contributed by atoms with van der Waals surface area (Å²) in [6, 6.07) is 13.4. The lowest BCUT2D eigenvalue weighted by Gasteiger charge is -2.31. The largest absolute Gasteiger partial charge is 0.335 e. The van der Waals surface area contributed by atoms with E-state index in [1.807, 2.05) is 13.8 Å².